The third-order valence-electron chi connectivity index (χ3n) is 3.16. The van der Waals surface area contributed by atoms with Gasteiger partial charge in [0.05, 0.1) is 12.7 Å². The maximum Gasteiger partial charge on any atom is 0.187 e. The zero-order chi connectivity index (χ0) is 12.3. The largest absolute Gasteiger partial charge is 0.348 e. The van der Waals surface area contributed by atoms with Crippen LogP contribution in [-0.4, -0.2) is 42.8 Å². The molecule has 3 aliphatic rings. The Kier molecular flexibility index (Phi) is 2.55. The molecule has 3 aliphatic heterocycles. The fraction of sp³-hybridized carbons (Fsp3) is 0.917. The van der Waals surface area contributed by atoms with Crippen molar-refractivity contribution in [3.05, 3.63) is 6.42 Å². The van der Waals surface area contributed by atoms with Crippen molar-refractivity contribution < 1.29 is 23.7 Å². The van der Waals surface area contributed by atoms with Crippen molar-refractivity contribution in [2.75, 3.05) is 6.61 Å². The first-order valence-electron chi connectivity index (χ1n) is 6.03. The molecule has 17 heavy (non-hydrogen) atoms. The summed E-state index contributed by atoms with van der Waals surface area (Å²) in [6.45, 7) is 8.11. The minimum Gasteiger partial charge on any atom is -0.348 e. The van der Waals surface area contributed by atoms with Gasteiger partial charge in [0.2, 0.25) is 0 Å². The predicted octanol–water partition coefficient (Wildman–Crippen LogP) is 1.22. The highest BCUT2D eigenvalue weighted by atomic mass is 16.8. The summed E-state index contributed by atoms with van der Waals surface area (Å²) in [4.78, 5) is 0. The first-order valence-corrected chi connectivity index (χ1v) is 6.03. The van der Waals surface area contributed by atoms with Gasteiger partial charge in [0, 0.05) is 6.42 Å². The van der Waals surface area contributed by atoms with Gasteiger partial charge in [-0.2, -0.15) is 0 Å². The van der Waals surface area contributed by atoms with Crippen LogP contribution in [0, 0.1) is 6.42 Å². The lowest BCUT2D eigenvalue weighted by atomic mass is 10.1. The van der Waals surface area contributed by atoms with E-state index in [1.165, 1.54) is 0 Å². The van der Waals surface area contributed by atoms with Crippen LogP contribution in [0.5, 0.6) is 0 Å². The Morgan fingerprint density at radius 3 is 2.29 bits per heavy atom. The third kappa shape index (κ3) is 2.22. The van der Waals surface area contributed by atoms with Gasteiger partial charge in [-0.25, -0.2) is 0 Å². The van der Waals surface area contributed by atoms with Crippen LogP contribution in [0.2, 0.25) is 0 Å². The smallest absolute Gasteiger partial charge is 0.187 e. The fourth-order valence-electron chi connectivity index (χ4n) is 2.47. The zero-order valence-electron chi connectivity index (χ0n) is 10.6. The average molecular weight is 243 g/mol. The summed E-state index contributed by atoms with van der Waals surface area (Å²) in [7, 11) is 0. The van der Waals surface area contributed by atoms with Gasteiger partial charge in [-0.3, -0.25) is 0 Å². The average Bonchev–Trinajstić information content (AvgIpc) is 2.75. The number of rotatable bonds is 1. The van der Waals surface area contributed by atoms with E-state index < -0.39 is 11.6 Å². The minimum atomic E-state index is -0.566. The van der Waals surface area contributed by atoms with E-state index in [0.717, 1.165) is 0 Å². The Morgan fingerprint density at radius 1 is 0.941 bits per heavy atom. The van der Waals surface area contributed by atoms with E-state index in [1.807, 2.05) is 34.1 Å². The molecule has 3 fully saturated rings. The Morgan fingerprint density at radius 2 is 1.71 bits per heavy atom. The van der Waals surface area contributed by atoms with Gasteiger partial charge in [0.15, 0.2) is 17.9 Å². The number of hydrogen-bond acceptors (Lipinski definition) is 5. The van der Waals surface area contributed by atoms with Crippen LogP contribution < -0.4 is 0 Å². The molecule has 97 valence electrons. The van der Waals surface area contributed by atoms with Crippen LogP contribution >= 0.6 is 0 Å². The summed E-state index contributed by atoms with van der Waals surface area (Å²) >= 11 is 0. The van der Waals surface area contributed by atoms with Gasteiger partial charge in [-0.15, -0.1) is 0 Å². The highest BCUT2D eigenvalue weighted by Gasteiger charge is 2.52. The lowest BCUT2D eigenvalue weighted by Gasteiger charge is -2.23. The molecule has 0 aromatic heterocycles. The van der Waals surface area contributed by atoms with Gasteiger partial charge in [-0.05, 0) is 27.7 Å². The first-order chi connectivity index (χ1) is 7.85. The summed E-state index contributed by atoms with van der Waals surface area (Å²) in [5.74, 6) is -1.09. The molecule has 0 aromatic carbocycles. The Hall–Kier alpha value is -0.200. The molecule has 5 nitrogen and oxygen atoms in total. The second-order valence-corrected chi connectivity index (χ2v) is 5.63. The van der Waals surface area contributed by atoms with Crippen molar-refractivity contribution in [3.63, 3.8) is 0 Å². The van der Waals surface area contributed by atoms with E-state index in [-0.39, 0.29) is 24.6 Å². The summed E-state index contributed by atoms with van der Waals surface area (Å²) in [6, 6.07) is 0. The molecular formula is C12H19O5. The molecule has 3 rings (SSSR count). The van der Waals surface area contributed by atoms with Gasteiger partial charge >= 0.3 is 0 Å². The molecule has 1 radical (unpaired) electrons. The molecule has 0 saturated carbocycles. The number of ether oxygens (including phenoxy) is 5. The van der Waals surface area contributed by atoms with Crippen LogP contribution in [0.25, 0.3) is 0 Å². The van der Waals surface area contributed by atoms with Crippen molar-refractivity contribution in [2.45, 2.75) is 63.9 Å². The maximum absolute atomic E-state index is 5.79. The lowest BCUT2D eigenvalue weighted by Crippen LogP contribution is -2.33. The quantitative estimate of drug-likeness (QED) is 0.693. The van der Waals surface area contributed by atoms with E-state index in [0.29, 0.717) is 6.61 Å². The topological polar surface area (TPSA) is 46.2 Å². The van der Waals surface area contributed by atoms with Crippen molar-refractivity contribution in [1.82, 2.24) is 0 Å². The molecule has 3 saturated heterocycles. The monoisotopic (exact) mass is 243 g/mol. The molecule has 3 heterocycles. The Labute approximate surface area is 101 Å². The summed E-state index contributed by atoms with van der Waals surface area (Å²) in [6.07, 6.45) is 1.38. The van der Waals surface area contributed by atoms with Crippen LogP contribution in [-0.2, 0) is 23.7 Å². The van der Waals surface area contributed by atoms with Crippen molar-refractivity contribution in [2.24, 2.45) is 0 Å². The van der Waals surface area contributed by atoms with E-state index in [4.69, 9.17) is 23.7 Å². The van der Waals surface area contributed by atoms with Crippen LogP contribution in [0.1, 0.15) is 27.7 Å². The molecule has 0 unspecified atom stereocenters. The molecule has 0 spiro atoms. The molecule has 4 atom stereocenters. The van der Waals surface area contributed by atoms with E-state index in [1.54, 1.807) is 0 Å². The first kappa shape index (κ1) is 11.9. The second-order valence-electron chi connectivity index (χ2n) is 5.63. The molecule has 5 heteroatoms. The highest BCUT2D eigenvalue weighted by molar-refractivity contribution is 5.03. The van der Waals surface area contributed by atoms with Crippen molar-refractivity contribution in [1.29, 1.82) is 0 Å². The number of fused-ring (bicyclic) bond motifs is 1. The van der Waals surface area contributed by atoms with Crippen molar-refractivity contribution in [3.8, 4) is 0 Å². The molecule has 0 amide bonds. The Balaban J connectivity index is 1.60. The standard InChI is InChI=1S/C12H19O5/c1-11(2)13-6-9(16-11)7-5-8-10(14-7)17-12(3,4)15-8/h5,7-10H,6H2,1-4H3/t7-,8-,9-,10-/m1/s1. The van der Waals surface area contributed by atoms with E-state index in [2.05, 4.69) is 0 Å². The fourth-order valence-corrected chi connectivity index (χ4v) is 2.47. The summed E-state index contributed by atoms with van der Waals surface area (Å²) in [5.41, 5.74) is 0. The zero-order valence-corrected chi connectivity index (χ0v) is 10.6. The Bertz CT molecular complexity index is 298. The van der Waals surface area contributed by atoms with Gasteiger partial charge in [0.25, 0.3) is 0 Å². The van der Waals surface area contributed by atoms with Gasteiger partial charge < -0.3 is 23.7 Å². The molecule has 0 bridgehead atoms. The van der Waals surface area contributed by atoms with Crippen LogP contribution in [0.4, 0.5) is 0 Å². The van der Waals surface area contributed by atoms with E-state index in [9.17, 15) is 0 Å². The van der Waals surface area contributed by atoms with Gasteiger partial charge in [-0.1, -0.05) is 0 Å². The summed E-state index contributed by atoms with van der Waals surface area (Å²) < 4.78 is 28.4. The SMILES string of the molecule is CC1(C)O[C@H]2O[C@@H]([C@H]3COC(C)(C)O3)[CH][C@H]2O1. The lowest BCUT2D eigenvalue weighted by molar-refractivity contribution is -0.215. The molecular weight excluding hydrogens is 224 g/mol. The molecule has 0 aromatic rings. The van der Waals surface area contributed by atoms with E-state index >= 15 is 0 Å². The minimum absolute atomic E-state index is 0.0779. The highest BCUT2D eigenvalue weighted by Crippen LogP contribution is 2.39. The predicted molar refractivity (Wildman–Crippen MR) is 57.9 cm³/mol. The van der Waals surface area contributed by atoms with Crippen LogP contribution in [0.15, 0.2) is 0 Å². The number of hydrogen-bond donors (Lipinski definition) is 0. The van der Waals surface area contributed by atoms with Crippen LogP contribution in [0.3, 0.4) is 0 Å². The van der Waals surface area contributed by atoms with Gasteiger partial charge in [0.1, 0.15) is 12.2 Å². The summed E-state index contributed by atoms with van der Waals surface area (Å²) in [5, 5.41) is 0. The van der Waals surface area contributed by atoms with Crippen molar-refractivity contribution >= 4 is 0 Å². The normalized spacial score (nSPS) is 47.3. The molecule has 0 N–H and O–H groups in total. The molecule has 0 aliphatic carbocycles. The second kappa shape index (κ2) is 3.65. The maximum atomic E-state index is 5.79. The third-order valence-corrected chi connectivity index (χ3v) is 3.16.